The van der Waals surface area contributed by atoms with E-state index in [1.807, 2.05) is 0 Å². The van der Waals surface area contributed by atoms with Crippen LogP contribution in [0.2, 0.25) is 0 Å². The molecule has 1 heterocycles. The van der Waals surface area contributed by atoms with Crippen LogP contribution >= 0.6 is 0 Å². The molecule has 3 N–H and O–H groups in total. The van der Waals surface area contributed by atoms with Gasteiger partial charge in [0.1, 0.15) is 0 Å². The van der Waals surface area contributed by atoms with E-state index in [9.17, 15) is 0 Å². The molecule has 13 heavy (non-hydrogen) atoms. The Balaban J connectivity index is 2.26. The molecule has 0 spiro atoms. The van der Waals surface area contributed by atoms with Gasteiger partial charge in [-0.1, -0.05) is 6.42 Å². The number of nitrogens with one attached hydrogen (secondary N) is 1. The fraction of sp³-hybridized carbons (Fsp3) is 0.700. The third-order valence-electron chi connectivity index (χ3n) is 3.27. The Labute approximate surface area is 78.7 Å². The number of nitrogens with zero attached hydrogens (tertiary/aromatic N) is 1. The molecule has 0 aromatic carbocycles. The lowest BCUT2D eigenvalue weighted by Crippen LogP contribution is -2.37. The number of H-pyrrole nitrogens is 1. The molecule has 1 aliphatic rings. The molecule has 0 atom stereocenters. The first kappa shape index (κ1) is 8.75. The summed E-state index contributed by atoms with van der Waals surface area (Å²) in [6.45, 7) is 2.87. The molecule has 3 nitrogen and oxygen atoms in total. The maximum atomic E-state index is 5.64. The summed E-state index contributed by atoms with van der Waals surface area (Å²) in [7, 11) is 0. The van der Waals surface area contributed by atoms with Gasteiger partial charge in [-0.2, -0.15) is 0 Å². The predicted molar refractivity (Wildman–Crippen MR) is 52.5 cm³/mol. The van der Waals surface area contributed by atoms with Crippen LogP contribution in [-0.4, -0.2) is 16.5 Å². The van der Waals surface area contributed by atoms with Crippen molar-refractivity contribution >= 4 is 0 Å². The summed E-state index contributed by atoms with van der Waals surface area (Å²) in [6, 6.07) is 0. The third-order valence-corrected chi connectivity index (χ3v) is 3.27. The number of hydrogen-bond donors (Lipinski definition) is 2. The van der Waals surface area contributed by atoms with E-state index < -0.39 is 0 Å². The summed E-state index contributed by atoms with van der Waals surface area (Å²) in [5.74, 6) is 0. The number of aryl methyl sites for hydroxylation is 1. The van der Waals surface area contributed by atoms with Crippen molar-refractivity contribution < 1.29 is 0 Å². The monoisotopic (exact) mass is 179 g/mol. The van der Waals surface area contributed by atoms with E-state index in [-0.39, 0.29) is 0 Å². The molecule has 72 valence electrons. The van der Waals surface area contributed by atoms with Gasteiger partial charge in [-0.3, -0.25) is 0 Å². The summed E-state index contributed by atoms with van der Waals surface area (Å²) >= 11 is 0. The third kappa shape index (κ3) is 1.27. The zero-order chi connectivity index (χ0) is 9.31. The van der Waals surface area contributed by atoms with E-state index in [4.69, 9.17) is 5.73 Å². The standard InChI is InChI=1S/C10H17N3/c1-8-9(13-7-12-8)10(5-6-11)3-2-4-10/h7H,2-6,11H2,1H3,(H,12,13). The number of aromatic nitrogens is 2. The highest BCUT2D eigenvalue weighted by molar-refractivity contribution is 5.24. The topological polar surface area (TPSA) is 54.7 Å². The predicted octanol–water partition coefficient (Wildman–Crippen LogP) is 1.49. The molecule has 0 aliphatic heterocycles. The molecule has 1 aliphatic carbocycles. The van der Waals surface area contributed by atoms with Crippen LogP contribution in [-0.2, 0) is 5.41 Å². The highest BCUT2D eigenvalue weighted by Crippen LogP contribution is 2.46. The van der Waals surface area contributed by atoms with Crippen LogP contribution in [0.1, 0.15) is 37.1 Å². The molecular formula is C10H17N3. The van der Waals surface area contributed by atoms with Crippen molar-refractivity contribution in [2.24, 2.45) is 5.73 Å². The maximum absolute atomic E-state index is 5.64. The molecule has 0 radical (unpaired) electrons. The van der Waals surface area contributed by atoms with E-state index in [0.717, 1.165) is 13.0 Å². The Bertz CT molecular complexity index is 286. The largest absolute Gasteiger partial charge is 0.348 e. The van der Waals surface area contributed by atoms with Gasteiger partial charge in [0.25, 0.3) is 0 Å². The van der Waals surface area contributed by atoms with Crippen molar-refractivity contribution in [3.8, 4) is 0 Å². The summed E-state index contributed by atoms with van der Waals surface area (Å²) in [6.07, 6.45) is 6.72. The summed E-state index contributed by atoms with van der Waals surface area (Å²) in [5, 5.41) is 0. The molecule has 1 aromatic heterocycles. The molecule has 1 aromatic rings. The van der Waals surface area contributed by atoms with Crippen LogP contribution in [0, 0.1) is 6.92 Å². The Morgan fingerprint density at radius 2 is 2.38 bits per heavy atom. The Hall–Kier alpha value is -0.830. The zero-order valence-corrected chi connectivity index (χ0v) is 8.14. The number of hydrogen-bond acceptors (Lipinski definition) is 2. The van der Waals surface area contributed by atoms with Crippen molar-refractivity contribution in [1.82, 2.24) is 9.97 Å². The summed E-state index contributed by atoms with van der Waals surface area (Å²) in [5.41, 5.74) is 8.43. The molecule has 0 amide bonds. The lowest BCUT2D eigenvalue weighted by Gasteiger charge is -2.41. The van der Waals surface area contributed by atoms with Gasteiger partial charge in [0.05, 0.1) is 12.0 Å². The minimum absolute atomic E-state index is 0.318. The second-order valence-electron chi connectivity index (χ2n) is 4.05. The van der Waals surface area contributed by atoms with E-state index in [1.54, 1.807) is 6.33 Å². The van der Waals surface area contributed by atoms with Crippen molar-refractivity contribution in [3.63, 3.8) is 0 Å². The molecule has 3 heteroatoms. The van der Waals surface area contributed by atoms with Gasteiger partial charge in [-0.15, -0.1) is 0 Å². The minimum Gasteiger partial charge on any atom is -0.348 e. The van der Waals surface area contributed by atoms with E-state index >= 15 is 0 Å². The molecule has 1 fully saturated rings. The first-order valence-electron chi connectivity index (χ1n) is 4.99. The number of aromatic amines is 1. The van der Waals surface area contributed by atoms with Gasteiger partial charge in [-0.05, 0) is 32.7 Å². The summed E-state index contributed by atoms with van der Waals surface area (Å²) < 4.78 is 0. The molecule has 0 saturated heterocycles. The quantitative estimate of drug-likeness (QED) is 0.738. The van der Waals surface area contributed by atoms with E-state index in [2.05, 4.69) is 16.9 Å². The Morgan fingerprint density at radius 1 is 1.62 bits per heavy atom. The average Bonchev–Trinajstić information content (AvgIpc) is 2.44. The van der Waals surface area contributed by atoms with Gasteiger partial charge in [0.2, 0.25) is 0 Å². The van der Waals surface area contributed by atoms with Crippen LogP contribution in [0.15, 0.2) is 6.33 Å². The van der Waals surface area contributed by atoms with Gasteiger partial charge in [0, 0.05) is 11.1 Å². The fourth-order valence-electron chi connectivity index (χ4n) is 2.38. The first-order valence-corrected chi connectivity index (χ1v) is 4.99. The lowest BCUT2D eigenvalue weighted by molar-refractivity contribution is 0.222. The van der Waals surface area contributed by atoms with Gasteiger partial charge < -0.3 is 10.7 Å². The first-order chi connectivity index (χ1) is 6.28. The van der Waals surface area contributed by atoms with Crippen LogP contribution in [0.4, 0.5) is 0 Å². The van der Waals surface area contributed by atoms with Gasteiger partial charge in [-0.25, -0.2) is 4.98 Å². The zero-order valence-electron chi connectivity index (χ0n) is 8.14. The number of rotatable bonds is 3. The number of imidazole rings is 1. The minimum atomic E-state index is 0.318. The average molecular weight is 179 g/mol. The van der Waals surface area contributed by atoms with Crippen LogP contribution in [0.5, 0.6) is 0 Å². The van der Waals surface area contributed by atoms with Gasteiger partial charge in [0.15, 0.2) is 0 Å². The highest BCUT2D eigenvalue weighted by Gasteiger charge is 2.40. The van der Waals surface area contributed by atoms with E-state index in [1.165, 1.54) is 30.7 Å². The van der Waals surface area contributed by atoms with Crippen molar-refractivity contribution in [3.05, 3.63) is 17.7 Å². The molecule has 1 saturated carbocycles. The van der Waals surface area contributed by atoms with E-state index in [0.29, 0.717) is 5.41 Å². The smallest absolute Gasteiger partial charge is 0.0925 e. The normalized spacial score (nSPS) is 19.8. The van der Waals surface area contributed by atoms with Crippen LogP contribution in [0.3, 0.4) is 0 Å². The van der Waals surface area contributed by atoms with Crippen molar-refractivity contribution in [2.75, 3.05) is 6.54 Å². The molecule has 0 bridgehead atoms. The SMILES string of the molecule is Cc1[nH]cnc1C1(CCN)CCC1. The second-order valence-corrected chi connectivity index (χ2v) is 4.05. The highest BCUT2D eigenvalue weighted by atomic mass is 14.9. The lowest BCUT2D eigenvalue weighted by atomic mass is 9.64. The van der Waals surface area contributed by atoms with Crippen molar-refractivity contribution in [2.45, 2.75) is 38.0 Å². The molecule has 2 rings (SSSR count). The molecule has 0 unspecified atom stereocenters. The number of nitrogens with two attached hydrogens (primary N) is 1. The van der Waals surface area contributed by atoms with Crippen LogP contribution < -0.4 is 5.73 Å². The van der Waals surface area contributed by atoms with Crippen LogP contribution in [0.25, 0.3) is 0 Å². The Kier molecular flexibility index (Phi) is 2.12. The van der Waals surface area contributed by atoms with Crippen molar-refractivity contribution in [1.29, 1.82) is 0 Å². The second kappa shape index (κ2) is 3.14. The van der Waals surface area contributed by atoms with Gasteiger partial charge >= 0.3 is 0 Å². The molecular weight excluding hydrogens is 162 g/mol. The fourth-order valence-corrected chi connectivity index (χ4v) is 2.38. The maximum Gasteiger partial charge on any atom is 0.0925 e. The Morgan fingerprint density at radius 3 is 2.77 bits per heavy atom. The summed E-state index contributed by atoms with van der Waals surface area (Å²) in [4.78, 5) is 7.57.